The molecule has 3 nitrogen and oxygen atoms in total. The van der Waals surface area contributed by atoms with Gasteiger partial charge in [0.1, 0.15) is 0 Å². The van der Waals surface area contributed by atoms with Gasteiger partial charge >= 0.3 is 0 Å². The normalized spacial score (nSPS) is 12.6. The van der Waals surface area contributed by atoms with Crippen LogP contribution in [-0.2, 0) is 4.79 Å². The van der Waals surface area contributed by atoms with Gasteiger partial charge in [0, 0.05) is 12.6 Å². The zero-order valence-corrected chi connectivity index (χ0v) is 8.76. The van der Waals surface area contributed by atoms with E-state index in [1.807, 2.05) is 6.92 Å². The van der Waals surface area contributed by atoms with Crippen molar-refractivity contribution in [1.29, 1.82) is 0 Å². The molecule has 0 saturated heterocycles. The topological polar surface area (TPSA) is 41.1 Å². The van der Waals surface area contributed by atoms with Gasteiger partial charge in [-0.15, -0.1) is 6.58 Å². The molecule has 0 bridgehead atoms. The lowest BCUT2D eigenvalue weighted by Crippen LogP contribution is -2.41. The van der Waals surface area contributed by atoms with E-state index >= 15 is 0 Å². The summed E-state index contributed by atoms with van der Waals surface area (Å²) < 4.78 is 0. The Kier molecular flexibility index (Phi) is 6.24. The third kappa shape index (κ3) is 6.34. The molecule has 0 saturated carbocycles. The zero-order chi connectivity index (χ0) is 10.3. The highest BCUT2D eigenvalue weighted by Gasteiger charge is 2.09. The molecule has 3 heteroatoms. The minimum Gasteiger partial charge on any atom is -0.352 e. The van der Waals surface area contributed by atoms with Gasteiger partial charge in [0.2, 0.25) is 5.91 Å². The first-order chi connectivity index (χ1) is 6.07. The van der Waals surface area contributed by atoms with Crippen molar-refractivity contribution in [2.75, 3.05) is 13.1 Å². The van der Waals surface area contributed by atoms with Crippen LogP contribution in [-0.4, -0.2) is 25.0 Å². The zero-order valence-electron chi connectivity index (χ0n) is 8.76. The van der Waals surface area contributed by atoms with Gasteiger partial charge in [-0.1, -0.05) is 19.9 Å². The molecule has 0 aliphatic heterocycles. The van der Waals surface area contributed by atoms with Crippen LogP contribution in [0.1, 0.15) is 20.8 Å². The first-order valence-electron chi connectivity index (χ1n) is 4.69. The highest BCUT2D eigenvalue weighted by Crippen LogP contribution is 1.98. The van der Waals surface area contributed by atoms with Crippen LogP contribution in [0.2, 0.25) is 0 Å². The molecule has 2 N–H and O–H groups in total. The van der Waals surface area contributed by atoms with E-state index in [0.29, 0.717) is 19.0 Å². The van der Waals surface area contributed by atoms with Crippen molar-refractivity contribution < 1.29 is 4.79 Å². The fourth-order valence-electron chi connectivity index (χ4n) is 0.759. The van der Waals surface area contributed by atoms with E-state index in [1.54, 1.807) is 6.08 Å². The molecule has 0 aromatic rings. The Morgan fingerprint density at radius 1 is 1.46 bits per heavy atom. The average molecular weight is 184 g/mol. The van der Waals surface area contributed by atoms with E-state index in [1.165, 1.54) is 0 Å². The van der Waals surface area contributed by atoms with Crippen molar-refractivity contribution in [3.8, 4) is 0 Å². The Morgan fingerprint density at radius 2 is 2.08 bits per heavy atom. The summed E-state index contributed by atoms with van der Waals surface area (Å²) in [5.74, 6) is 0.520. The van der Waals surface area contributed by atoms with Crippen LogP contribution in [0.25, 0.3) is 0 Å². The van der Waals surface area contributed by atoms with E-state index in [9.17, 15) is 4.79 Å². The molecule has 0 heterocycles. The van der Waals surface area contributed by atoms with Crippen molar-refractivity contribution in [1.82, 2.24) is 10.6 Å². The van der Waals surface area contributed by atoms with E-state index in [0.717, 1.165) is 0 Å². The molecule has 0 spiro atoms. The summed E-state index contributed by atoms with van der Waals surface area (Å²) in [5.41, 5.74) is 0. The summed E-state index contributed by atoms with van der Waals surface area (Å²) in [7, 11) is 0. The molecular weight excluding hydrogens is 164 g/mol. The fourth-order valence-corrected chi connectivity index (χ4v) is 0.759. The summed E-state index contributed by atoms with van der Waals surface area (Å²) in [5, 5.41) is 5.85. The first-order valence-corrected chi connectivity index (χ1v) is 4.69. The lowest BCUT2D eigenvalue weighted by molar-refractivity contribution is -0.121. The van der Waals surface area contributed by atoms with Crippen LogP contribution in [0.4, 0.5) is 0 Å². The largest absolute Gasteiger partial charge is 0.352 e. The Bertz CT molecular complexity index is 166. The number of rotatable bonds is 6. The average Bonchev–Trinajstić information content (AvgIpc) is 2.04. The van der Waals surface area contributed by atoms with E-state index in [-0.39, 0.29) is 11.9 Å². The third-order valence-electron chi connectivity index (χ3n) is 1.96. The Labute approximate surface area is 80.6 Å². The van der Waals surface area contributed by atoms with E-state index in [2.05, 4.69) is 31.1 Å². The van der Waals surface area contributed by atoms with Gasteiger partial charge in [-0.25, -0.2) is 0 Å². The summed E-state index contributed by atoms with van der Waals surface area (Å²) >= 11 is 0. The SMILES string of the molecule is C=CCNCC(=O)NC(C)C(C)C. The van der Waals surface area contributed by atoms with Gasteiger partial charge in [0.15, 0.2) is 0 Å². The first kappa shape index (κ1) is 12.2. The summed E-state index contributed by atoms with van der Waals surface area (Å²) in [6, 6.07) is 0.234. The van der Waals surface area contributed by atoms with E-state index < -0.39 is 0 Å². The molecule has 0 aliphatic rings. The summed E-state index contributed by atoms with van der Waals surface area (Å²) in [6.45, 7) is 10.8. The molecule has 13 heavy (non-hydrogen) atoms. The van der Waals surface area contributed by atoms with Crippen LogP contribution in [0.5, 0.6) is 0 Å². The van der Waals surface area contributed by atoms with Gasteiger partial charge in [0.05, 0.1) is 6.54 Å². The summed E-state index contributed by atoms with van der Waals surface area (Å²) in [6.07, 6.45) is 1.74. The number of nitrogens with one attached hydrogen (secondary N) is 2. The second kappa shape index (κ2) is 6.66. The van der Waals surface area contributed by atoms with Crippen molar-refractivity contribution in [2.24, 2.45) is 5.92 Å². The minimum atomic E-state index is 0.0445. The maximum Gasteiger partial charge on any atom is 0.234 e. The molecule has 0 aromatic heterocycles. The molecule has 76 valence electrons. The monoisotopic (exact) mass is 184 g/mol. The quantitative estimate of drug-likeness (QED) is 0.476. The molecule has 1 atom stereocenters. The second-order valence-corrected chi connectivity index (χ2v) is 3.52. The van der Waals surface area contributed by atoms with Gasteiger partial charge < -0.3 is 10.6 Å². The second-order valence-electron chi connectivity index (χ2n) is 3.52. The van der Waals surface area contributed by atoms with Gasteiger partial charge in [0.25, 0.3) is 0 Å². The number of hydrogen-bond acceptors (Lipinski definition) is 2. The Morgan fingerprint density at radius 3 is 2.54 bits per heavy atom. The molecule has 1 amide bonds. The lowest BCUT2D eigenvalue weighted by atomic mass is 10.1. The molecule has 1 unspecified atom stereocenters. The van der Waals surface area contributed by atoms with Crippen molar-refractivity contribution in [3.05, 3.63) is 12.7 Å². The molecular formula is C10H20N2O. The molecule has 0 aromatic carbocycles. The fraction of sp³-hybridized carbons (Fsp3) is 0.700. The minimum absolute atomic E-state index is 0.0445. The predicted octanol–water partition coefficient (Wildman–Crippen LogP) is 0.923. The predicted molar refractivity (Wildman–Crippen MR) is 55.5 cm³/mol. The van der Waals surface area contributed by atoms with Crippen molar-refractivity contribution in [2.45, 2.75) is 26.8 Å². The number of amides is 1. The Hall–Kier alpha value is -0.830. The standard InChI is InChI=1S/C10H20N2O/c1-5-6-11-7-10(13)12-9(4)8(2)3/h5,8-9,11H,1,6-7H2,2-4H3,(H,12,13). The molecule has 0 radical (unpaired) electrons. The van der Waals surface area contributed by atoms with Gasteiger partial charge in [-0.05, 0) is 12.8 Å². The van der Waals surface area contributed by atoms with Crippen LogP contribution >= 0.6 is 0 Å². The van der Waals surface area contributed by atoms with Crippen LogP contribution < -0.4 is 10.6 Å². The molecule has 0 rings (SSSR count). The van der Waals surface area contributed by atoms with Crippen LogP contribution in [0, 0.1) is 5.92 Å². The van der Waals surface area contributed by atoms with E-state index in [4.69, 9.17) is 0 Å². The molecule has 0 fully saturated rings. The lowest BCUT2D eigenvalue weighted by Gasteiger charge is -2.17. The molecule has 0 aliphatic carbocycles. The smallest absolute Gasteiger partial charge is 0.234 e. The number of carbonyl (C=O) groups excluding carboxylic acids is 1. The number of hydrogen-bond donors (Lipinski definition) is 2. The highest BCUT2D eigenvalue weighted by molar-refractivity contribution is 5.78. The number of carbonyl (C=O) groups is 1. The van der Waals surface area contributed by atoms with Crippen LogP contribution in [0.3, 0.4) is 0 Å². The van der Waals surface area contributed by atoms with Crippen molar-refractivity contribution in [3.63, 3.8) is 0 Å². The Balaban J connectivity index is 3.55. The third-order valence-corrected chi connectivity index (χ3v) is 1.96. The van der Waals surface area contributed by atoms with Gasteiger partial charge in [-0.3, -0.25) is 4.79 Å². The van der Waals surface area contributed by atoms with Crippen molar-refractivity contribution >= 4 is 5.91 Å². The van der Waals surface area contributed by atoms with Gasteiger partial charge in [-0.2, -0.15) is 0 Å². The maximum absolute atomic E-state index is 11.2. The maximum atomic E-state index is 11.2. The highest BCUT2D eigenvalue weighted by atomic mass is 16.1. The summed E-state index contributed by atoms with van der Waals surface area (Å²) in [4.78, 5) is 11.2. The van der Waals surface area contributed by atoms with Crippen LogP contribution in [0.15, 0.2) is 12.7 Å².